The number of aromatic nitrogens is 3. The van der Waals surface area contributed by atoms with Crippen LogP contribution >= 0.6 is 0 Å². The Balaban J connectivity index is 1.86. The Hall–Kier alpha value is -2.46. The first-order valence-corrected chi connectivity index (χ1v) is 7.01. The highest BCUT2D eigenvalue weighted by molar-refractivity contribution is 5.61. The summed E-state index contributed by atoms with van der Waals surface area (Å²) in [5, 5.41) is 7.60. The van der Waals surface area contributed by atoms with Crippen molar-refractivity contribution in [3.05, 3.63) is 66.6 Å². The molecule has 0 saturated carbocycles. The molecule has 4 nitrogen and oxygen atoms in total. The van der Waals surface area contributed by atoms with Crippen molar-refractivity contribution < 1.29 is 0 Å². The molecule has 4 heteroatoms. The Morgan fingerprint density at radius 1 is 1.00 bits per heavy atom. The Bertz CT molecular complexity index is 701. The summed E-state index contributed by atoms with van der Waals surface area (Å²) in [6.45, 7) is 2.11. The minimum Gasteiger partial charge on any atom is -0.313 e. The minimum absolute atomic E-state index is 0.295. The maximum atomic E-state index is 4.49. The normalized spacial score (nSPS) is 12.3. The molecular weight excluding hydrogens is 260 g/mol. The topological polar surface area (TPSA) is 42.7 Å². The number of pyridine rings is 1. The largest absolute Gasteiger partial charge is 0.313 e. The lowest BCUT2D eigenvalue weighted by atomic mass is 10.1. The molecular formula is C17H18N4. The SMILES string of the molecule is CNC(C)c1ccc(-n2cc(-c3ccccc3)cn2)nc1. The van der Waals surface area contributed by atoms with E-state index in [9.17, 15) is 0 Å². The summed E-state index contributed by atoms with van der Waals surface area (Å²) in [7, 11) is 1.94. The zero-order chi connectivity index (χ0) is 14.7. The van der Waals surface area contributed by atoms with Gasteiger partial charge in [0, 0.05) is 24.0 Å². The van der Waals surface area contributed by atoms with Crippen molar-refractivity contribution in [3.63, 3.8) is 0 Å². The van der Waals surface area contributed by atoms with Crippen LogP contribution in [0.15, 0.2) is 61.1 Å². The van der Waals surface area contributed by atoms with E-state index in [1.807, 2.05) is 49.9 Å². The van der Waals surface area contributed by atoms with Gasteiger partial charge in [-0.05, 0) is 31.2 Å². The Kier molecular flexibility index (Phi) is 3.79. The lowest BCUT2D eigenvalue weighted by Gasteiger charge is -2.10. The van der Waals surface area contributed by atoms with Crippen LogP contribution < -0.4 is 5.32 Å². The fourth-order valence-corrected chi connectivity index (χ4v) is 2.18. The molecule has 0 spiro atoms. The van der Waals surface area contributed by atoms with Crippen molar-refractivity contribution in [2.45, 2.75) is 13.0 Å². The maximum absolute atomic E-state index is 4.49. The molecule has 0 aliphatic heterocycles. The molecule has 0 saturated heterocycles. The number of hydrogen-bond acceptors (Lipinski definition) is 3. The van der Waals surface area contributed by atoms with Gasteiger partial charge in [-0.1, -0.05) is 36.4 Å². The van der Waals surface area contributed by atoms with Gasteiger partial charge in [-0.25, -0.2) is 9.67 Å². The van der Waals surface area contributed by atoms with Crippen molar-refractivity contribution in [2.75, 3.05) is 7.05 Å². The molecule has 1 atom stereocenters. The molecule has 106 valence electrons. The second-order valence-electron chi connectivity index (χ2n) is 5.00. The van der Waals surface area contributed by atoms with Crippen molar-refractivity contribution in [1.29, 1.82) is 0 Å². The predicted octanol–water partition coefficient (Wildman–Crippen LogP) is 3.21. The molecule has 2 aromatic heterocycles. The van der Waals surface area contributed by atoms with Crippen molar-refractivity contribution in [2.24, 2.45) is 0 Å². The molecule has 2 heterocycles. The third-order valence-corrected chi connectivity index (χ3v) is 3.63. The molecule has 0 radical (unpaired) electrons. The van der Waals surface area contributed by atoms with E-state index in [2.05, 4.69) is 40.5 Å². The van der Waals surface area contributed by atoms with Gasteiger partial charge in [-0.15, -0.1) is 0 Å². The third kappa shape index (κ3) is 2.85. The molecule has 0 amide bonds. The van der Waals surface area contributed by atoms with Crippen LogP contribution in [0.25, 0.3) is 16.9 Å². The first-order chi connectivity index (χ1) is 10.3. The highest BCUT2D eigenvalue weighted by Crippen LogP contribution is 2.19. The molecule has 1 N–H and O–H groups in total. The Morgan fingerprint density at radius 3 is 2.48 bits per heavy atom. The number of nitrogens with zero attached hydrogens (tertiary/aromatic N) is 3. The molecule has 0 bridgehead atoms. The van der Waals surface area contributed by atoms with Crippen LogP contribution in [0.3, 0.4) is 0 Å². The van der Waals surface area contributed by atoms with Gasteiger partial charge in [0.15, 0.2) is 5.82 Å². The Morgan fingerprint density at radius 2 is 1.81 bits per heavy atom. The van der Waals surface area contributed by atoms with Crippen LogP contribution in [-0.2, 0) is 0 Å². The lowest BCUT2D eigenvalue weighted by molar-refractivity contribution is 0.648. The van der Waals surface area contributed by atoms with Crippen molar-refractivity contribution in [1.82, 2.24) is 20.1 Å². The quantitative estimate of drug-likeness (QED) is 0.797. The van der Waals surface area contributed by atoms with E-state index < -0.39 is 0 Å². The van der Waals surface area contributed by atoms with Crippen molar-refractivity contribution >= 4 is 0 Å². The van der Waals surface area contributed by atoms with E-state index in [0.717, 1.165) is 22.5 Å². The lowest BCUT2D eigenvalue weighted by Crippen LogP contribution is -2.12. The minimum atomic E-state index is 0.295. The maximum Gasteiger partial charge on any atom is 0.153 e. The van der Waals surface area contributed by atoms with Crippen LogP contribution in [0, 0.1) is 0 Å². The van der Waals surface area contributed by atoms with E-state index in [1.165, 1.54) is 0 Å². The average molecular weight is 278 g/mol. The van der Waals surface area contributed by atoms with Crippen LogP contribution in [0.1, 0.15) is 18.5 Å². The summed E-state index contributed by atoms with van der Waals surface area (Å²) in [4.78, 5) is 4.49. The number of hydrogen-bond donors (Lipinski definition) is 1. The second-order valence-corrected chi connectivity index (χ2v) is 5.00. The summed E-state index contributed by atoms with van der Waals surface area (Å²) < 4.78 is 1.80. The molecule has 1 aromatic carbocycles. The van der Waals surface area contributed by atoms with Gasteiger partial charge in [0.2, 0.25) is 0 Å². The summed E-state index contributed by atoms with van der Waals surface area (Å²) in [5.74, 6) is 0.823. The molecule has 0 aliphatic carbocycles. The Labute approximate surface area is 124 Å². The number of nitrogens with one attached hydrogen (secondary N) is 1. The van der Waals surface area contributed by atoms with E-state index in [-0.39, 0.29) is 0 Å². The molecule has 0 fully saturated rings. The van der Waals surface area contributed by atoms with Gasteiger partial charge >= 0.3 is 0 Å². The van der Waals surface area contributed by atoms with Gasteiger partial charge < -0.3 is 5.32 Å². The van der Waals surface area contributed by atoms with E-state index >= 15 is 0 Å². The van der Waals surface area contributed by atoms with Gasteiger partial charge in [-0.2, -0.15) is 5.10 Å². The smallest absolute Gasteiger partial charge is 0.153 e. The first kappa shape index (κ1) is 13.5. The van der Waals surface area contributed by atoms with Crippen LogP contribution in [-0.4, -0.2) is 21.8 Å². The van der Waals surface area contributed by atoms with Gasteiger partial charge in [-0.3, -0.25) is 0 Å². The van der Waals surface area contributed by atoms with Gasteiger partial charge in [0.1, 0.15) is 0 Å². The predicted molar refractivity (Wildman–Crippen MR) is 84.3 cm³/mol. The molecule has 3 rings (SSSR count). The first-order valence-electron chi connectivity index (χ1n) is 7.01. The summed E-state index contributed by atoms with van der Waals surface area (Å²) in [6, 6.07) is 14.6. The highest BCUT2D eigenvalue weighted by Gasteiger charge is 2.06. The average Bonchev–Trinajstić information content (AvgIpc) is 3.05. The highest BCUT2D eigenvalue weighted by atomic mass is 15.3. The van der Waals surface area contributed by atoms with Gasteiger partial charge in [0.05, 0.1) is 6.20 Å². The van der Waals surface area contributed by atoms with Crippen molar-refractivity contribution in [3.8, 4) is 16.9 Å². The third-order valence-electron chi connectivity index (χ3n) is 3.63. The zero-order valence-electron chi connectivity index (χ0n) is 12.2. The van der Waals surface area contributed by atoms with Crippen LogP contribution in [0.5, 0.6) is 0 Å². The number of rotatable bonds is 4. The van der Waals surface area contributed by atoms with E-state index in [4.69, 9.17) is 0 Å². The van der Waals surface area contributed by atoms with E-state index in [0.29, 0.717) is 6.04 Å². The second kappa shape index (κ2) is 5.89. The standard InChI is InChI=1S/C17H18N4/c1-13(18-2)15-8-9-17(19-10-15)21-12-16(11-20-21)14-6-4-3-5-7-14/h3-13,18H,1-2H3. The molecule has 0 aliphatic rings. The van der Waals surface area contributed by atoms with Crippen LogP contribution in [0.2, 0.25) is 0 Å². The van der Waals surface area contributed by atoms with Gasteiger partial charge in [0.25, 0.3) is 0 Å². The fraction of sp³-hybridized carbons (Fsp3) is 0.176. The molecule has 1 unspecified atom stereocenters. The zero-order valence-corrected chi connectivity index (χ0v) is 12.2. The number of benzene rings is 1. The van der Waals surface area contributed by atoms with E-state index in [1.54, 1.807) is 4.68 Å². The molecule has 21 heavy (non-hydrogen) atoms. The summed E-state index contributed by atoms with van der Waals surface area (Å²) >= 11 is 0. The summed E-state index contributed by atoms with van der Waals surface area (Å²) in [6.07, 6.45) is 5.75. The summed E-state index contributed by atoms with van der Waals surface area (Å²) in [5.41, 5.74) is 3.41. The molecule has 3 aromatic rings. The fourth-order valence-electron chi connectivity index (χ4n) is 2.18. The van der Waals surface area contributed by atoms with Crippen LogP contribution in [0.4, 0.5) is 0 Å². The monoisotopic (exact) mass is 278 g/mol.